The van der Waals surface area contributed by atoms with Crippen LogP contribution in [0, 0.1) is 0 Å². The maximum absolute atomic E-state index is 12.2. The Morgan fingerprint density at radius 1 is 0.537 bits per heavy atom. The highest BCUT2D eigenvalue weighted by molar-refractivity contribution is 8.00. The second-order valence-corrected chi connectivity index (χ2v) is 13.4. The van der Waals surface area contributed by atoms with Gasteiger partial charge in [0.15, 0.2) is 0 Å². The molecule has 0 heterocycles. The van der Waals surface area contributed by atoms with E-state index in [9.17, 15) is 9.59 Å². The first kappa shape index (κ1) is 42.4. The average Bonchev–Trinajstić information content (AvgIpc) is 2.97. The van der Waals surface area contributed by atoms with E-state index in [1.165, 1.54) is 161 Å². The van der Waals surface area contributed by atoms with Gasteiger partial charge < -0.3 is 9.84 Å². The largest absolute Gasteiger partial charge is 0.481 e. The molecule has 0 radical (unpaired) electrons. The highest BCUT2D eigenvalue weighted by Crippen LogP contribution is 2.17. The van der Waals surface area contributed by atoms with Crippen molar-refractivity contribution in [3.05, 3.63) is 0 Å². The van der Waals surface area contributed by atoms with Crippen LogP contribution in [0.4, 0.5) is 0 Å². The first-order valence-electron chi connectivity index (χ1n) is 18.0. The van der Waals surface area contributed by atoms with Crippen molar-refractivity contribution in [3.8, 4) is 0 Å². The van der Waals surface area contributed by atoms with Crippen LogP contribution in [0.15, 0.2) is 0 Å². The maximum Gasteiger partial charge on any atom is 0.318 e. The summed E-state index contributed by atoms with van der Waals surface area (Å²) in [7, 11) is 0. The summed E-state index contributed by atoms with van der Waals surface area (Å²) in [6, 6.07) is 0. The molecule has 0 aromatic heterocycles. The lowest BCUT2D eigenvalue weighted by Crippen LogP contribution is -2.18. The number of carbonyl (C=O) groups is 2. The minimum Gasteiger partial charge on any atom is -0.481 e. The van der Waals surface area contributed by atoms with Crippen LogP contribution in [0.3, 0.4) is 0 Å². The number of ether oxygens (including phenoxy) is 1. The third-order valence-corrected chi connectivity index (χ3v) is 8.96. The lowest BCUT2D eigenvalue weighted by molar-refractivity contribution is -0.142. The molecule has 0 amide bonds. The van der Waals surface area contributed by atoms with Gasteiger partial charge in [0.05, 0.1) is 11.9 Å². The van der Waals surface area contributed by atoms with Gasteiger partial charge in [0.1, 0.15) is 0 Å². The number of esters is 1. The van der Waals surface area contributed by atoms with Crippen LogP contribution in [-0.4, -0.2) is 34.7 Å². The topological polar surface area (TPSA) is 63.6 Å². The third-order valence-electron chi connectivity index (χ3n) is 7.74. The van der Waals surface area contributed by atoms with Crippen molar-refractivity contribution in [1.29, 1.82) is 0 Å². The molecule has 246 valence electrons. The van der Waals surface area contributed by atoms with Crippen molar-refractivity contribution in [3.63, 3.8) is 0 Å². The Morgan fingerprint density at radius 3 is 1.15 bits per heavy atom. The fourth-order valence-electron chi connectivity index (χ4n) is 4.86. The molecular formula is C36H72O4S. The highest BCUT2D eigenvalue weighted by Gasteiger charge is 2.14. The fraction of sp³-hybridized carbons (Fsp3) is 0.944. The van der Waals surface area contributed by atoms with Gasteiger partial charge in [-0.25, -0.2) is 0 Å². The molecule has 0 aliphatic rings. The lowest BCUT2D eigenvalue weighted by atomic mass is 10.0. The molecule has 0 aromatic rings. The van der Waals surface area contributed by atoms with Gasteiger partial charge in [0, 0.05) is 6.42 Å². The van der Waals surface area contributed by atoms with E-state index in [0.717, 1.165) is 12.2 Å². The van der Waals surface area contributed by atoms with Crippen LogP contribution >= 0.6 is 11.8 Å². The number of carboxylic acid groups (broad SMARTS) is 1. The van der Waals surface area contributed by atoms with E-state index in [-0.39, 0.29) is 17.6 Å². The van der Waals surface area contributed by atoms with Crippen LogP contribution in [0.5, 0.6) is 0 Å². The number of carboxylic acids is 1. The van der Waals surface area contributed by atoms with Gasteiger partial charge in [0.25, 0.3) is 0 Å². The van der Waals surface area contributed by atoms with Crippen LogP contribution in [0.25, 0.3) is 0 Å². The lowest BCUT2D eigenvalue weighted by Gasteiger charge is -2.11. The molecule has 41 heavy (non-hydrogen) atoms. The second-order valence-electron chi connectivity index (χ2n) is 11.9. The van der Waals surface area contributed by atoms with Crippen LogP contribution in [0.1, 0.15) is 201 Å². The van der Waals surface area contributed by atoms with E-state index in [1.54, 1.807) is 18.7 Å². The number of thioether (sulfide) groups is 1. The number of hydrogen-bond acceptors (Lipinski definition) is 4. The molecule has 0 saturated heterocycles. The van der Waals surface area contributed by atoms with Gasteiger partial charge in [0.2, 0.25) is 0 Å². The molecule has 0 spiro atoms. The quantitative estimate of drug-likeness (QED) is 0.0633. The molecule has 4 nitrogen and oxygen atoms in total. The fourth-order valence-corrected chi connectivity index (χ4v) is 5.79. The van der Waals surface area contributed by atoms with Crippen molar-refractivity contribution < 1.29 is 19.4 Å². The third kappa shape index (κ3) is 39.3. The van der Waals surface area contributed by atoms with E-state index in [1.807, 2.05) is 6.92 Å². The normalized spacial score (nSPS) is 11.6. The number of hydrogen-bond donors (Lipinski definition) is 1. The predicted molar refractivity (Wildman–Crippen MR) is 182 cm³/mol. The van der Waals surface area contributed by atoms with Gasteiger partial charge >= 0.3 is 11.9 Å². The monoisotopic (exact) mass is 601 g/mol. The van der Waals surface area contributed by atoms with Crippen LogP contribution < -0.4 is 0 Å². The second kappa shape index (κ2) is 37.3. The molecule has 1 unspecified atom stereocenters. The SMILES string of the molecule is CCC(=O)O.CCCCCCCCCCCCCCCCCCSC(C)C(=O)OCCCCCCCCCCCC. The summed E-state index contributed by atoms with van der Waals surface area (Å²) in [6.45, 7) is 8.79. The average molecular weight is 601 g/mol. The highest BCUT2D eigenvalue weighted by atomic mass is 32.2. The number of carbonyl (C=O) groups excluding carboxylic acids is 1. The van der Waals surface area contributed by atoms with Crippen molar-refractivity contribution in [1.82, 2.24) is 0 Å². The van der Waals surface area contributed by atoms with E-state index in [2.05, 4.69) is 13.8 Å². The molecule has 0 aliphatic heterocycles. The summed E-state index contributed by atoms with van der Waals surface area (Å²) in [5.41, 5.74) is 0. The summed E-state index contributed by atoms with van der Waals surface area (Å²) < 4.78 is 5.50. The summed E-state index contributed by atoms with van der Waals surface area (Å²) in [5.74, 6) is 0.338. The molecule has 1 N–H and O–H groups in total. The zero-order chi connectivity index (χ0) is 30.7. The molecule has 5 heteroatoms. The molecule has 0 fully saturated rings. The van der Waals surface area contributed by atoms with Crippen molar-refractivity contribution in [2.45, 2.75) is 206 Å². The van der Waals surface area contributed by atoms with Gasteiger partial charge in [-0.3, -0.25) is 9.59 Å². The Balaban J connectivity index is 0. The van der Waals surface area contributed by atoms with Gasteiger partial charge in [-0.1, -0.05) is 175 Å². The van der Waals surface area contributed by atoms with E-state index in [0.29, 0.717) is 6.61 Å². The summed E-state index contributed by atoms with van der Waals surface area (Å²) >= 11 is 1.78. The molecule has 0 rings (SSSR count). The van der Waals surface area contributed by atoms with Crippen molar-refractivity contribution in [2.75, 3.05) is 12.4 Å². The molecule has 0 bridgehead atoms. The van der Waals surface area contributed by atoms with Crippen LogP contribution in [-0.2, 0) is 14.3 Å². The predicted octanol–water partition coefficient (Wildman–Crippen LogP) is 12.3. The first-order chi connectivity index (χ1) is 20.0. The summed E-state index contributed by atoms with van der Waals surface area (Å²) in [5, 5.41) is 7.71. The molecular weight excluding hydrogens is 528 g/mol. The standard InChI is InChI=1S/C33H66O2S.C3H6O2/c1-4-6-8-10-12-14-16-17-18-19-20-21-23-25-27-29-31-36-32(3)33(34)35-30-28-26-24-22-15-13-11-9-7-5-2;1-2-3(4)5/h32H,4-31H2,1-3H3;2H2,1H3,(H,4,5). The van der Waals surface area contributed by atoms with Crippen molar-refractivity contribution in [2.24, 2.45) is 0 Å². The Bertz CT molecular complexity index is 526. The minimum atomic E-state index is -0.745. The molecule has 1 atom stereocenters. The first-order valence-corrected chi connectivity index (χ1v) is 19.0. The smallest absolute Gasteiger partial charge is 0.318 e. The van der Waals surface area contributed by atoms with Gasteiger partial charge in [-0.2, -0.15) is 0 Å². The zero-order valence-electron chi connectivity index (χ0n) is 28.2. The Morgan fingerprint density at radius 2 is 0.829 bits per heavy atom. The van der Waals surface area contributed by atoms with Crippen LogP contribution in [0.2, 0.25) is 0 Å². The molecule has 0 aromatic carbocycles. The minimum absolute atomic E-state index is 0.00702. The number of aliphatic carboxylic acids is 1. The maximum atomic E-state index is 12.2. The molecule has 0 saturated carbocycles. The summed E-state index contributed by atoms with van der Waals surface area (Å²) in [4.78, 5) is 21.5. The van der Waals surface area contributed by atoms with Crippen molar-refractivity contribution >= 4 is 23.7 Å². The zero-order valence-corrected chi connectivity index (χ0v) is 29.0. The van der Waals surface area contributed by atoms with E-state index >= 15 is 0 Å². The van der Waals surface area contributed by atoms with E-state index in [4.69, 9.17) is 9.84 Å². The Kier molecular flexibility index (Phi) is 38.6. The molecule has 0 aliphatic carbocycles. The summed E-state index contributed by atoms with van der Waals surface area (Å²) in [6.07, 6.45) is 35.9. The Hall–Kier alpha value is -0.710. The Labute approximate surface area is 261 Å². The number of unbranched alkanes of at least 4 members (excludes halogenated alkanes) is 24. The van der Waals surface area contributed by atoms with Gasteiger partial charge in [-0.05, 0) is 25.5 Å². The van der Waals surface area contributed by atoms with Gasteiger partial charge in [-0.15, -0.1) is 11.8 Å². The van der Waals surface area contributed by atoms with E-state index < -0.39 is 5.97 Å². The number of rotatable bonds is 31.